The average molecular weight is 572 g/mol. The number of carboxylic acid groups (broad SMARTS) is 3. The van der Waals surface area contributed by atoms with Crippen LogP contribution in [0.3, 0.4) is 0 Å². The Bertz CT molecular complexity index is 416. The van der Waals surface area contributed by atoms with E-state index in [9.17, 15) is 0 Å². The van der Waals surface area contributed by atoms with Crippen molar-refractivity contribution < 1.29 is 29.7 Å². The van der Waals surface area contributed by atoms with Crippen molar-refractivity contribution in [2.75, 3.05) is 0 Å². The standard InChI is InChI=1S/C8H9.3C2H4O2.BrH.Pb/c1-7-4-3-5-8(2)6-7;3*1-2(3)4;;/h3-5H,1-2H3;3*1H3,(H,3,4);1H;/q;;;;;+1/p-1. The number of benzene rings is 1. The quantitative estimate of drug-likeness (QED) is 0.446. The fourth-order valence-electron chi connectivity index (χ4n) is 0.964. The van der Waals surface area contributed by atoms with Crippen LogP contribution in [0.25, 0.3) is 0 Å². The summed E-state index contributed by atoms with van der Waals surface area (Å²) in [6.45, 7) is 7.63. The molecule has 124 valence electrons. The second-order valence-corrected chi connectivity index (χ2v) is 10.1. The normalized spacial score (nSPS) is 7.91. The van der Waals surface area contributed by atoms with Crippen LogP contribution in [0.15, 0.2) is 18.2 Å². The van der Waals surface area contributed by atoms with Crippen LogP contribution in [0.2, 0.25) is 0 Å². The molecule has 0 aromatic heterocycles. The third-order valence-electron chi connectivity index (χ3n) is 1.58. The van der Waals surface area contributed by atoms with Gasteiger partial charge in [-0.25, -0.2) is 0 Å². The first kappa shape index (κ1) is 26.0. The monoisotopic (exact) mass is 572 g/mol. The molecule has 0 saturated carbocycles. The van der Waals surface area contributed by atoms with Crippen LogP contribution < -0.4 is 3.12 Å². The topological polar surface area (TPSA) is 112 Å². The number of carbonyl (C=O) groups is 3. The third kappa shape index (κ3) is 27.4. The Hall–Kier alpha value is -0.968. The van der Waals surface area contributed by atoms with Crippen molar-refractivity contribution in [2.45, 2.75) is 34.6 Å². The molecular weight excluding hydrogens is 551 g/mol. The molecule has 0 unspecified atom stereocenters. The Morgan fingerprint density at radius 2 is 1.09 bits per heavy atom. The number of aryl methyl sites for hydroxylation is 2. The third-order valence-corrected chi connectivity index (χ3v) is 8.86. The summed E-state index contributed by atoms with van der Waals surface area (Å²) in [5, 5.41) is 22.2. The molecule has 1 aromatic rings. The molecule has 1 aromatic carbocycles. The zero-order valence-corrected chi connectivity index (χ0v) is 18.6. The first-order valence-electron chi connectivity index (χ1n) is 5.97. The van der Waals surface area contributed by atoms with Gasteiger partial charge in [0.1, 0.15) is 0 Å². The van der Waals surface area contributed by atoms with Gasteiger partial charge in [0.2, 0.25) is 0 Å². The molecule has 22 heavy (non-hydrogen) atoms. The van der Waals surface area contributed by atoms with Crippen LogP contribution in [0.1, 0.15) is 31.9 Å². The summed E-state index contributed by atoms with van der Waals surface area (Å²) < 4.78 is 1.61. The van der Waals surface area contributed by atoms with Gasteiger partial charge in [-0.05, 0) is 0 Å². The molecule has 1 rings (SSSR count). The first-order valence-corrected chi connectivity index (χ1v) is 16.3. The van der Waals surface area contributed by atoms with E-state index in [2.05, 4.69) is 44.0 Å². The van der Waals surface area contributed by atoms with Gasteiger partial charge < -0.3 is 15.3 Å². The maximum absolute atomic E-state index is 9.00. The van der Waals surface area contributed by atoms with E-state index in [1.165, 1.54) is 11.1 Å². The van der Waals surface area contributed by atoms with Gasteiger partial charge in [-0.1, -0.05) is 0 Å². The minimum absolute atomic E-state index is 0.601. The summed E-state index contributed by atoms with van der Waals surface area (Å²) >= 11 is 3.05. The van der Waals surface area contributed by atoms with E-state index in [-0.39, 0.29) is 0 Å². The minimum atomic E-state index is -0.833. The molecule has 8 heteroatoms. The second kappa shape index (κ2) is 16.4. The number of hydrogen-bond acceptors (Lipinski definition) is 3. The van der Waals surface area contributed by atoms with Gasteiger partial charge in [-0.3, -0.25) is 14.4 Å². The molecule has 0 amide bonds. The summed E-state index contributed by atoms with van der Waals surface area (Å²) in [6.07, 6.45) is 0. The van der Waals surface area contributed by atoms with Gasteiger partial charge in [0.25, 0.3) is 17.9 Å². The first-order chi connectivity index (χ1) is 9.95. The van der Waals surface area contributed by atoms with Crippen molar-refractivity contribution >= 4 is 54.8 Å². The molecule has 0 fully saturated rings. The molecule has 0 aliphatic rings. The van der Waals surface area contributed by atoms with Gasteiger partial charge >= 0.3 is 80.1 Å². The maximum atomic E-state index is 9.00. The van der Waals surface area contributed by atoms with Crippen molar-refractivity contribution in [3.8, 4) is 0 Å². The Morgan fingerprint density at radius 3 is 1.23 bits per heavy atom. The van der Waals surface area contributed by atoms with Crippen LogP contribution in [0, 0.1) is 13.8 Å². The van der Waals surface area contributed by atoms with Crippen LogP contribution in [0.5, 0.6) is 0 Å². The van der Waals surface area contributed by atoms with Crippen LogP contribution >= 0.6 is 12.0 Å². The summed E-state index contributed by atoms with van der Waals surface area (Å²) in [5.74, 6) is -2.50. The van der Waals surface area contributed by atoms with E-state index >= 15 is 0 Å². The van der Waals surface area contributed by atoms with Gasteiger partial charge in [0, 0.05) is 20.8 Å². The predicted molar refractivity (Wildman–Crippen MR) is 90.2 cm³/mol. The Balaban J connectivity index is -0.000000253. The number of aliphatic carboxylic acids is 3. The number of halogens is 1. The Kier molecular flexibility index (Phi) is 19.4. The fraction of sp³-hybridized carbons (Fsp3) is 0.357. The summed E-state index contributed by atoms with van der Waals surface area (Å²) in [5.41, 5.74) is 2.92. The van der Waals surface area contributed by atoms with E-state index in [4.69, 9.17) is 29.7 Å². The van der Waals surface area contributed by atoms with E-state index in [0.717, 1.165) is 20.8 Å². The Morgan fingerprint density at radius 1 is 0.864 bits per heavy atom. The van der Waals surface area contributed by atoms with Crippen molar-refractivity contribution in [1.29, 1.82) is 0 Å². The zero-order valence-electron chi connectivity index (χ0n) is 13.2. The van der Waals surface area contributed by atoms with Gasteiger partial charge in [0.05, 0.1) is 0 Å². The summed E-state index contributed by atoms with van der Waals surface area (Å²) in [4.78, 5) is 27.0. The molecule has 0 bridgehead atoms. The van der Waals surface area contributed by atoms with E-state index in [0.29, 0.717) is 0 Å². The molecule has 0 saturated heterocycles. The number of rotatable bonds is 1. The molecule has 2 radical (unpaired) electrons. The molecule has 3 N–H and O–H groups in total. The average Bonchev–Trinajstić information content (AvgIpc) is 2.26. The van der Waals surface area contributed by atoms with Crippen LogP contribution in [0.4, 0.5) is 0 Å². The van der Waals surface area contributed by atoms with E-state index in [1.54, 1.807) is 3.12 Å². The van der Waals surface area contributed by atoms with Crippen molar-refractivity contribution in [2.24, 2.45) is 0 Å². The summed E-state index contributed by atoms with van der Waals surface area (Å²) in [7, 11) is 0. The Labute approximate surface area is 148 Å². The summed E-state index contributed by atoms with van der Waals surface area (Å²) in [6, 6.07) is 6.51. The predicted octanol–water partition coefficient (Wildman–Crippen LogP) is 2.22. The van der Waals surface area contributed by atoms with Gasteiger partial charge in [-0.15, -0.1) is 0 Å². The molecule has 0 aliphatic carbocycles. The SMILES string of the molecule is CC(=O)O.CC(=O)O.CC(=O)O.Cc1cccc(C)[c]1[Pb][Br]. The van der Waals surface area contributed by atoms with Crippen molar-refractivity contribution in [3.63, 3.8) is 0 Å². The van der Waals surface area contributed by atoms with Gasteiger partial charge in [-0.2, -0.15) is 0 Å². The molecular formula is C14H21BrO6Pb. The second-order valence-electron chi connectivity index (χ2n) is 3.92. The molecule has 0 aliphatic heterocycles. The molecule has 0 heterocycles. The van der Waals surface area contributed by atoms with Crippen molar-refractivity contribution in [3.05, 3.63) is 29.3 Å². The van der Waals surface area contributed by atoms with Crippen LogP contribution in [-0.4, -0.2) is 55.1 Å². The molecule has 0 spiro atoms. The zero-order chi connectivity index (χ0) is 18.3. The molecule has 0 atom stereocenters. The van der Waals surface area contributed by atoms with E-state index in [1.807, 2.05) is 0 Å². The fourth-order valence-corrected chi connectivity index (χ4v) is 8.26. The van der Waals surface area contributed by atoms with Gasteiger partial charge in [0.15, 0.2) is 0 Å². The van der Waals surface area contributed by atoms with Crippen molar-refractivity contribution in [1.82, 2.24) is 0 Å². The van der Waals surface area contributed by atoms with E-state index < -0.39 is 39.7 Å². The number of hydrogen-bond donors (Lipinski definition) is 3. The van der Waals surface area contributed by atoms with Crippen LogP contribution in [-0.2, 0) is 14.4 Å². The molecule has 6 nitrogen and oxygen atoms in total. The number of carboxylic acids is 3.